The van der Waals surface area contributed by atoms with Crippen LogP contribution in [0.3, 0.4) is 0 Å². The molecule has 1 fully saturated rings. The fourth-order valence-corrected chi connectivity index (χ4v) is 2.28. The molecule has 18 heavy (non-hydrogen) atoms. The third-order valence-electron chi connectivity index (χ3n) is 3.41. The van der Waals surface area contributed by atoms with E-state index in [1.165, 1.54) is 0 Å². The first kappa shape index (κ1) is 12.9. The van der Waals surface area contributed by atoms with E-state index >= 15 is 0 Å². The third kappa shape index (κ3) is 2.48. The van der Waals surface area contributed by atoms with Crippen molar-refractivity contribution >= 4 is 5.91 Å². The molecule has 4 nitrogen and oxygen atoms in total. The first-order chi connectivity index (χ1) is 8.49. The van der Waals surface area contributed by atoms with Gasteiger partial charge in [-0.3, -0.25) is 4.79 Å². The van der Waals surface area contributed by atoms with E-state index in [1.807, 2.05) is 24.8 Å². The number of aromatic hydroxyl groups is 1. The van der Waals surface area contributed by atoms with E-state index in [4.69, 9.17) is 0 Å². The van der Waals surface area contributed by atoms with Crippen molar-refractivity contribution in [1.29, 1.82) is 0 Å². The second kappa shape index (κ2) is 4.98. The van der Waals surface area contributed by atoms with Crippen LogP contribution in [0.5, 0.6) is 5.75 Å². The summed E-state index contributed by atoms with van der Waals surface area (Å²) in [6.45, 7) is 7.43. The Balaban J connectivity index is 2.24. The minimum atomic E-state index is -0.0895. The Bertz CT molecular complexity index is 459. The van der Waals surface area contributed by atoms with Gasteiger partial charge in [-0.1, -0.05) is 6.07 Å². The Labute approximate surface area is 108 Å². The lowest BCUT2D eigenvalue weighted by Crippen LogP contribution is -2.56. The van der Waals surface area contributed by atoms with Crippen LogP contribution in [-0.4, -0.2) is 41.1 Å². The lowest BCUT2D eigenvalue weighted by atomic mass is 10.1. The summed E-state index contributed by atoms with van der Waals surface area (Å²) in [5.41, 5.74) is 1.34. The standard InChI is InChI=1S/C14H20N2O2/c1-9-4-5-12(13(17)6-9)14(18)16-8-10(2)15-7-11(16)3/h4-6,10-11,15,17H,7-8H2,1-3H3. The minimum Gasteiger partial charge on any atom is -0.507 e. The summed E-state index contributed by atoms with van der Waals surface area (Å²) >= 11 is 0. The van der Waals surface area contributed by atoms with Gasteiger partial charge in [0, 0.05) is 25.2 Å². The lowest BCUT2D eigenvalue weighted by Gasteiger charge is -2.37. The van der Waals surface area contributed by atoms with Crippen LogP contribution in [0, 0.1) is 6.92 Å². The summed E-state index contributed by atoms with van der Waals surface area (Å²) in [5.74, 6) is -0.0215. The van der Waals surface area contributed by atoms with Crippen LogP contribution >= 0.6 is 0 Å². The van der Waals surface area contributed by atoms with Crippen molar-refractivity contribution in [2.24, 2.45) is 0 Å². The minimum absolute atomic E-state index is 0.0679. The Morgan fingerprint density at radius 3 is 2.83 bits per heavy atom. The molecule has 1 aliphatic heterocycles. The van der Waals surface area contributed by atoms with Gasteiger partial charge in [0.1, 0.15) is 5.75 Å². The zero-order chi connectivity index (χ0) is 13.3. The van der Waals surface area contributed by atoms with Crippen molar-refractivity contribution in [3.8, 4) is 5.75 Å². The number of amides is 1. The quantitative estimate of drug-likeness (QED) is 0.792. The number of benzene rings is 1. The monoisotopic (exact) mass is 248 g/mol. The third-order valence-corrected chi connectivity index (χ3v) is 3.41. The summed E-state index contributed by atoms with van der Waals surface area (Å²) in [5, 5.41) is 13.2. The molecule has 1 aliphatic rings. The molecule has 2 N–H and O–H groups in total. The number of aryl methyl sites for hydroxylation is 1. The van der Waals surface area contributed by atoms with E-state index in [-0.39, 0.29) is 23.7 Å². The fraction of sp³-hybridized carbons (Fsp3) is 0.500. The zero-order valence-corrected chi connectivity index (χ0v) is 11.1. The number of nitrogens with one attached hydrogen (secondary N) is 1. The van der Waals surface area contributed by atoms with Gasteiger partial charge in [-0.05, 0) is 38.5 Å². The highest BCUT2D eigenvalue weighted by atomic mass is 16.3. The normalized spacial score (nSPS) is 24.1. The Kier molecular flexibility index (Phi) is 3.57. The molecule has 0 aromatic heterocycles. The molecule has 0 bridgehead atoms. The Morgan fingerprint density at radius 1 is 1.44 bits per heavy atom. The van der Waals surface area contributed by atoms with Gasteiger partial charge < -0.3 is 15.3 Å². The molecule has 4 heteroatoms. The fourth-order valence-electron chi connectivity index (χ4n) is 2.28. The number of rotatable bonds is 1. The van der Waals surface area contributed by atoms with Gasteiger partial charge >= 0.3 is 0 Å². The van der Waals surface area contributed by atoms with E-state index in [0.29, 0.717) is 12.1 Å². The molecule has 1 saturated heterocycles. The van der Waals surface area contributed by atoms with Gasteiger partial charge in [0.05, 0.1) is 5.56 Å². The molecule has 0 saturated carbocycles. The van der Waals surface area contributed by atoms with E-state index < -0.39 is 0 Å². The molecule has 1 amide bonds. The molecule has 1 heterocycles. The Morgan fingerprint density at radius 2 is 2.17 bits per heavy atom. The number of hydrogen-bond acceptors (Lipinski definition) is 3. The Hall–Kier alpha value is -1.55. The smallest absolute Gasteiger partial charge is 0.257 e. The summed E-state index contributed by atoms with van der Waals surface area (Å²) in [6.07, 6.45) is 0. The van der Waals surface area contributed by atoms with Crippen LogP contribution in [0.2, 0.25) is 0 Å². The molecule has 0 spiro atoms. The second-order valence-electron chi connectivity index (χ2n) is 5.14. The van der Waals surface area contributed by atoms with Gasteiger partial charge in [0.2, 0.25) is 0 Å². The molecule has 2 rings (SSSR count). The second-order valence-corrected chi connectivity index (χ2v) is 5.14. The van der Waals surface area contributed by atoms with Crippen molar-refractivity contribution in [1.82, 2.24) is 10.2 Å². The number of hydrogen-bond donors (Lipinski definition) is 2. The van der Waals surface area contributed by atoms with Gasteiger partial charge in [0.15, 0.2) is 0 Å². The summed E-state index contributed by atoms with van der Waals surface area (Å²) < 4.78 is 0. The molecule has 1 aromatic rings. The number of phenols is 1. The van der Waals surface area contributed by atoms with Crippen LogP contribution in [0.25, 0.3) is 0 Å². The number of nitrogens with zero attached hydrogens (tertiary/aromatic N) is 1. The topological polar surface area (TPSA) is 52.6 Å². The van der Waals surface area contributed by atoms with Crippen molar-refractivity contribution < 1.29 is 9.90 Å². The van der Waals surface area contributed by atoms with Crippen molar-refractivity contribution in [2.75, 3.05) is 13.1 Å². The average Bonchev–Trinajstić information content (AvgIpc) is 2.31. The lowest BCUT2D eigenvalue weighted by molar-refractivity contribution is 0.0613. The van der Waals surface area contributed by atoms with Crippen LogP contribution in [0.15, 0.2) is 18.2 Å². The zero-order valence-electron chi connectivity index (χ0n) is 11.1. The predicted octanol–water partition coefficient (Wildman–Crippen LogP) is 1.52. The number of phenolic OH excluding ortho intramolecular Hbond substituents is 1. The SMILES string of the molecule is Cc1ccc(C(=O)N2CC(C)NCC2C)c(O)c1. The summed E-state index contributed by atoms with van der Waals surface area (Å²) in [4.78, 5) is 14.3. The number of carbonyl (C=O) groups is 1. The largest absolute Gasteiger partial charge is 0.507 e. The summed E-state index contributed by atoms with van der Waals surface area (Å²) in [7, 11) is 0. The highest BCUT2D eigenvalue weighted by molar-refractivity contribution is 5.97. The van der Waals surface area contributed by atoms with Crippen LogP contribution in [0.4, 0.5) is 0 Å². The highest BCUT2D eigenvalue weighted by Gasteiger charge is 2.28. The molecule has 0 aliphatic carbocycles. The predicted molar refractivity (Wildman–Crippen MR) is 70.8 cm³/mol. The van der Waals surface area contributed by atoms with Gasteiger partial charge in [-0.15, -0.1) is 0 Å². The van der Waals surface area contributed by atoms with Gasteiger partial charge in [-0.2, -0.15) is 0 Å². The van der Waals surface area contributed by atoms with E-state index in [0.717, 1.165) is 12.1 Å². The number of piperazine rings is 1. The maximum Gasteiger partial charge on any atom is 0.257 e. The van der Waals surface area contributed by atoms with Crippen LogP contribution < -0.4 is 5.32 Å². The van der Waals surface area contributed by atoms with Crippen molar-refractivity contribution in [2.45, 2.75) is 32.9 Å². The van der Waals surface area contributed by atoms with E-state index in [9.17, 15) is 9.90 Å². The van der Waals surface area contributed by atoms with Gasteiger partial charge in [-0.25, -0.2) is 0 Å². The van der Waals surface area contributed by atoms with Gasteiger partial charge in [0.25, 0.3) is 5.91 Å². The van der Waals surface area contributed by atoms with E-state index in [2.05, 4.69) is 12.2 Å². The van der Waals surface area contributed by atoms with Crippen molar-refractivity contribution in [3.05, 3.63) is 29.3 Å². The highest BCUT2D eigenvalue weighted by Crippen LogP contribution is 2.22. The molecule has 2 unspecified atom stereocenters. The maximum absolute atomic E-state index is 12.4. The molecule has 1 aromatic carbocycles. The summed E-state index contributed by atoms with van der Waals surface area (Å²) in [6, 6.07) is 5.62. The molecule has 2 atom stereocenters. The van der Waals surface area contributed by atoms with E-state index in [1.54, 1.807) is 12.1 Å². The number of carbonyl (C=O) groups excluding carboxylic acids is 1. The first-order valence-corrected chi connectivity index (χ1v) is 6.33. The van der Waals surface area contributed by atoms with Crippen LogP contribution in [-0.2, 0) is 0 Å². The molecule has 0 radical (unpaired) electrons. The molecular weight excluding hydrogens is 228 g/mol. The maximum atomic E-state index is 12.4. The first-order valence-electron chi connectivity index (χ1n) is 6.33. The van der Waals surface area contributed by atoms with Crippen LogP contribution in [0.1, 0.15) is 29.8 Å². The van der Waals surface area contributed by atoms with Crippen molar-refractivity contribution in [3.63, 3.8) is 0 Å². The molecule has 98 valence electrons. The average molecular weight is 248 g/mol. The molecular formula is C14H20N2O2.